The maximum Gasteiger partial charge on any atom is 0.328 e. The fourth-order valence-electron chi connectivity index (χ4n) is 1.89. The van der Waals surface area contributed by atoms with Gasteiger partial charge in [0, 0.05) is 18.7 Å². The molecule has 114 valence electrons. The summed E-state index contributed by atoms with van der Waals surface area (Å²) in [7, 11) is 0. The number of halogens is 3. The zero-order valence-corrected chi connectivity index (χ0v) is 10.6. The number of hydrogen-bond donors (Lipinski definition) is 2. The van der Waals surface area contributed by atoms with Crippen molar-refractivity contribution in [3.63, 3.8) is 0 Å². The molecule has 0 bridgehead atoms. The number of rotatable bonds is 2. The van der Waals surface area contributed by atoms with Gasteiger partial charge in [0.15, 0.2) is 17.7 Å². The maximum absolute atomic E-state index is 13.4. The molecule has 1 saturated heterocycles. The summed E-state index contributed by atoms with van der Waals surface area (Å²) in [6, 6.07) is -1.44. The highest BCUT2D eigenvalue weighted by Crippen LogP contribution is 2.21. The van der Waals surface area contributed by atoms with E-state index in [1.165, 1.54) is 0 Å². The van der Waals surface area contributed by atoms with Crippen molar-refractivity contribution in [3.05, 3.63) is 29.6 Å². The Morgan fingerprint density at radius 3 is 2.48 bits per heavy atom. The lowest BCUT2D eigenvalue weighted by atomic mass is 10.2. The average Bonchev–Trinajstić information content (AvgIpc) is 2.42. The molecule has 0 radical (unpaired) electrons. The van der Waals surface area contributed by atoms with Gasteiger partial charge in [0.2, 0.25) is 0 Å². The second-order valence-electron chi connectivity index (χ2n) is 4.30. The van der Waals surface area contributed by atoms with Crippen LogP contribution < -0.4 is 5.32 Å². The Kier molecular flexibility index (Phi) is 4.32. The third-order valence-corrected chi connectivity index (χ3v) is 2.91. The summed E-state index contributed by atoms with van der Waals surface area (Å²) in [4.78, 5) is 23.8. The van der Waals surface area contributed by atoms with E-state index in [2.05, 4.69) is 0 Å². The molecule has 0 saturated carbocycles. The van der Waals surface area contributed by atoms with E-state index in [4.69, 9.17) is 9.84 Å². The van der Waals surface area contributed by atoms with Gasteiger partial charge in [-0.3, -0.25) is 0 Å². The Labute approximate surface area is 117 Å². The molecule has 21 heavy (non-hydrogen) atoms. The average molecular weight is 304 g/mol. The molecule has 1 atom stereocenters. The predicted molar refractivity (Wildman–Crippen MR) is 64.3 cm³/mol. The van der Waals surface area contributed by atoms with E-state index in [1.807, 2.05) is 5.32 Å². The molecule has 0 aliphatic carbocycles. The third kappa shape index (κ3) is 3.24. The Morgan fingerprint density at radius 1 is 1.29 bits per heavy atom. The van der Waals surface area contributed by atoms with E-state index in [0.29, 0.717) is 12.1 Å². The van der Waals surface area contributed by atoms with Gasteiger partial charge < -0.3 is 20.1 Å². The summed E-state index contributed by atoms with van der Waals surface area (Å²) in [6.45, 7) is -0.171. The summed E-state index contributed by atoms with van der Waals surface area (Å²) < 4.78 is 44.6. The summed E-state index contributed by atoms with van der Waals surface area (Å²) in [5.74, 6) is -5.01. The standard InChI is InChI=1S/C12H11F3N2O4/c13-6-3-7(14)10(8(15)4-6)16-12(20)17-1-2-21-5-9(17)11(18)19/h3-4,9H,1-2,5H2,(H,16,20)(H,18,19). The highest BCUT2D eigenvalue weighted by molar-refractivity contribution is 5.92. The van der Waals surface area contributed by atoms with E-state index >= 15 is 0 Å². The zero-order chi connectivity index (χ0) is 15.6. The van der Waals surface area contributed by atoms with Crippen LogP contribution in [0.5, 0.6) is 0 Å². The molecule has 0 spiro atoms. The smallest absolute Gasteiger partial charge is 0.328 e. The molecule has 2 N–H and O–H groups in total. The van der Waals surface area contributed by atoms with Crippen molar-refractivity contribution in [1.29, 1.82) is 0 Å². The summed E-state index contributed by atoms with van der Waals surface area (Å²) in [5.41, 5.74) is -0.836. The minimum atomic E-state index is -1.30. The van der Waals surface area contributed by atoms with Crippen LogP contribution in [0, 0.1) is 17.5 Å². The number of anilines is 1. The Balaban J connectivity index is 2.19. The summed E-state index contributed by atoms with van der Waals surface area (Å²) in [6.07, 6.45) is 0. The molecule has 1 aliphatic heterocycles. The summed E-state index contributed by atoms with van der Waals surface area (Å²) >= 11 is 0. The van der Waals surface area contributed by atoms with Crippen LogP contribution in [0.3, 0.4) is 0 Å². The molecule has 0 aromatic heterocycles. The normalized spacial score (nSPS) is 18.4. The van der Waals surface area contributed by atoms with Crippen LogP contribution in [-0.2, 0) is 9.53 Å². The number of urea groups is 1. The first-order valence-electron chi connectivity index (χ1n) is 5.93. The Bertz CT molecular complexity index is 559. The quantitative estimate of drug-likeness (QED) is 0.866. The molecule has 1 fully saturated rings. The monoisotopic (exact) mass is 304 g/mol. The van der Waals surface area contributed by atoms with Crippen LogP contribution in [0.2, 0.25) is 0 Å². The molecule has 6 nitrogen and oxygen atoms in total. The number of ether oxygens (including phenoxy) is 1. The number of carboxylic acid groups (broad SMARTS) is 1. The first-order chi connectivity index (χ1) is 9.90. The number of morpholine rings is 1. The van der Waals surface area contributed by atoms with Crippen molar-refractivity contribution < 1.29 is 32.6 Å². The summed E-state index contributed by atoms with van der Waals surface area (Å²) in [5, 5.41) is 10.9. The van der Waals surface area contributed by atoms with Crippen LogP contribution in [0.25, 0.3) is 0 Å². The van der Waals surface area contributed by atoms with Crippen LogP contribution >= 0.6 is 0 Å². The first-order valence-corrected chi connectivity index (χ1v) is 5.93. The molecule has 9 heteroatoms. The predicted octanol–water partition coefficient (Wildman–Crippen LogP) is 1.42. The number of hydrogen-bond acceptors (Lipinski definition) is 3. The topological polar surface area (TPSA) is 78.9 Å². The van der Waals surface area contributed by atoms with E-state index < -0.39 is 41.2 Å². The minimum Gasteiger partial charge on any atom is -0.480 e. The molecule has 1 aromatic carbocycles. The first kappa shape index (κ1) is 15.1. The van der Waals surface area contributed by atoms with Gasteiger partial charge in [-0.25, -0.2) is 22.8 Å². The van der Waals surface area contributed by atoms with Crippen molar-refractivity contribution in [2.24, 2.45) is 0 Å². The number of nitrogens with one attached hydrogen (secondary N) is 1. The third-order valence-electron chi connectivity index (χ3n) is 2.91. The van der Waals surface area contributed by atoms with Crippen LogP contribution in [0.15, 0.2) is 12.1 Å². The number of aliphatic carboxylic acids is 1. The van der Waals surface area contributed by atoms with E-state index in [1.54, 1.807) is 0 Å². The number of carbonyl (C=O) groups excluding carboxylic acids is 1. The van der Waals surface area contributed by atoms with Crippen molar-refractivity contribution >= 4 is 17.7 Å². The molecule has 1 aromatic rings. The molecule has 1 unspecified atom stereocenters. The largest absolute Gasteiger partial charge is 0.480 e. The van der Waals surface area contributed by atoms with Crippen molar-refractivity contribution in [2.75, 3.05) is 25.1 Å². The lowest BCUT2D eigenvalue weighted by Crippen LogP contribution is -2.54. The molecule has 1 aliphatic rings. The number of nitrogens with zero attached hydrogens (tertiary/aromatic N) is 1. The van der Waals surface area contributed by atoms with Crippen LogP contribution in [0.1, 0.15) is 0 Å². The van der Waals surface area contributed by atoms with E-state index in [9.17, 15) is 22.8 Å². The van der Waals surface area contributed by atoms with Crippen LogP contribution in [-0.4, -0.2) is 47.8 Å². The zero-order valence-electron chi connectivity index (χ0n) is 10.6. The molecule has 1 heterocycles. The number of carbonyl (C=O) groups is 2. The van der Waals surface area contributed by atoms with E-state index in [0.717, 1.165) is 4.90 Å². The van der Waals surface area contributed by atoms with Gasteiger partial charge >= 0.3 is 12.0 Å². The number of amides is 2. The van der Waals surface area contributed by atoms with Gasteiger partial charge in [0.05, 0.1) is 13.2 Å². The van der Waals surface area contributed by atoms with Crippen molar-refractivity contribution in [2.45, 2.75) is 6.04 Å². The highest BCUT2D eigenvalue weighted by Gasteiger charge is 2.33. The molecule has 2 rings (SSSR count). The fourth-order valence-corrected chi connectivity index (χ4v) is 1.89. The highest BCUT2D eigenvalue weighted by atomic mass is 19.1. The second-order valence-corrected chi connectivity index (χ2v) is 4.30. The van der Waals surface area contributed by atoms with Gasteiger partial charge in [-0.1, -0.05) is 0 Å². The SMILES string of the molecule is O=C(O)C1COCCN1C(=O)Nc1c(F)cc(F)cc1F. The van der Waals surface area contributed by atoms with Gasteiger partial charge in [-0.15, -0.1) is 0 Å². The van der Waals surface area contributed by atoms with Gasteiger partial charge in [-0.2, -0.15) is 0 Å². The van der Waals surface area contributed by atoms with Crippen molar-refractivity contribution in [3.8, 4) is 0 Å². The molecular formula is C12H11F3N2O4. The van der Waals surface area contributed by atoms with Gasteiger partial charge in [0.1, 0.15) is 11.5 Å². The number of benzene rings is 1. The maximum atomic E-state index is 13.4. The van der Waals surface area contributed by atoms with Crippen molar-refractivity contribution in [1.82, 2.24) is 4.90 Å². The van der Waals surface area contributed by atoms with Gasteiger partial charge in [-0.05, 0) is 0 Å². The lowest BCUT2D eigenvalue weighted by molar-refractivity contribution is -0.147. The lowest BCUT2D eigenvalue weighted by Gasteiger charge is -2.32. The number of carboxylic acids is 1. The molecule has 2 amide bonds. The van der Waals surface area contributed by atoms with Gasteiger partial charge in [0.25, 0.3) is 0 Å². The fraction of sp³-hybridized carbons (Fsp3) is 0.333. The molecular weight excluding hydrogens is 293 g/mol. The Morgan fingerprint density at radius 2 is 1.90 bits per heavy atom. The Hall–Kier alpha value is -2.29. The second kappa shape index (κ2) is 6.00. The minimum absolute atomic E-state index is 0.0484. The van der Waals surface area contributed by atoms with Crippen LogP contribution in [0.4, 0.5) is 23.7 Å². The van der Waals surface area contributed by atoms with E-state index in [-0.39, 0.29) is 19.8 Å².